The van der Waals surface area contributed by atoms with Crippen LogP contribution in [0, 0.1) is 10.1 Å². The van der Waals surface area contributed by atoms with Gasteiger partial charge in [-0.15, -0.1) is 0 Å². The van der Waals surface area contributed by atoms with E-state index in [-0.39, 0.29) is 23.9 Å². The molecule has 0 bridgehead atoms. The second-order valence-electron chi connectivity index (χ2n) is 4.94. The number of hydrogen-bond acceptors (Lipinski definition) is 4. The lowest BCUT2D eigenvalue weighted by atomic mass is 10.0. The van der Waals surface area contributed by atoms with E-state index in [0.29, 0.717) is 13.0 Å². The molecule has 19 heavy (non-hydrogen) atoms. The van der Waals surface area contributed by atoms with Crippen LogP contribution in [0.1, 0.15) is 37.7 Å². The number of nitrogens with one attached hydrogen (secondary N) is 1. The number of aromatic nitrogens is 1. The van der Waals surface area contributed by atoms with E-state index >= 15 is 0 Å². The Labute approximate surface area is 111 Å². The van der Waals surface area contributed by atoms with Crippen molar-refractivity contribution in [3.63, 3.8) is 0 Å². The van der Waals surface area contributed by atoms with Crippen molar-refractivity contribution < 1.29 is 14.8 Å². The predicted octanol–water partition coefficient (Wildman–Crippen LogP) is 1.31. The number of aryl methyl sites for hydroxylation is 1. The Hall–Kier alpha value is -1.89. The minimum absolute atomic E-state index is 0.0395. The van der Waals surface area contributed by atoms with Crippen molar-refractivity contribution in [3.05, 3.63) is 28.1 Å². The van der Waals surface area contributed by atoms with Gasteiger partial charge in [-0.3, -0.25) is 14.9 Å². The van der Waals surface area contributed by atoms with Gasteiger partial charge in [0.2, 0.25) is 0 Å². The van der Waals surface area contributed by atoms with Crippen LogP contribution in [0.25, 0.3) is 0 Å². The van der Waals surface area contributed by atoms with Crippen molar-refractivity contribution in [2.24, 2.45) is 0 Å². The molecule has 0 aliphatic carbocycles. The minimum atomic E-state index is -0.566. The summed E-state index contributed by atoms with van der Waals surface area (Å²) in [5.74, 6) is -0.381. The second-order valence-corrected chi connectivity index (χ2v) is 4.94. The summed E-state index contributed by atoms with van der Waals surface area (Å²) in [5.41, 5.74) is -0.420. The first kappa shape index (κ1) is 15.2. The molecule has 1 amide bonds. The molecule has 0 saturated carbocycles. The van der Waals surface area contributed by atoms with Gasteiger partial charge in [-0.2, -0.15) is 0 Å². The van der Waals surface area contributed by atoms with E-state index in [9.17, 15) is 14.9 Å². The van der Waals surface area contributed by atoms with Gasteiger partial charge in [0, 0.05) is 24.8 Å². The first-order valence-electron chi connectivity index (χ1n) is 6.08. The van der Waals surface area contributed by atoms with Crippen LogP contribution in [0.4, 0.5) is 5.69 Å². The van der Waals surface area contributed by atoms with Crippen LogP contribution >= 0.6 is 0 Å². The number of carbonyl (C=O) groups is 1. The zero-order chi connectivity index (χ0) is 14.6. The molecule has 0 spiro atoms. The first-order chi connectivity index (χ1) is 8.80. The van der Waals surface area contributed by atoms with Crippen molar-refractivity contribution in [1.82, 2.24) is 9.88 Å². The molecule has 7 nitrogen and oxygen atoms in total. The lowest BCUT2D eigenvalue weighted by Gasteiger charge is -2.25. The molecule has 1 rings (SSSR count). The molecule has 1 aromatic rings. The molecular weight excluding hydrogens is 250 g/mol. The highest BCUT2D eigenvalue weighted by molar-refractivity contribution is 5.94. The number of rotatable bonds is 6. The average Bonchev–Trinajstić information content (AvgIpc) is 2.72. The molecule has 1 heterocycles. The first-order valence-corrected chi connectivity index (χ1v) is 6.08. The molecule has 7 heteroatoms. The summed E-state index contributed by atoms with van der Waals surface area (Å²) in [6, 6.07) is 1.26. The lowest BCUT2D eigenvalue weighted by Crippen LogP contribution is -2.44. The van der Waals surface area contributed by atoms with Gasteiger partial charge in [0.05, 0.1) is 11.1 Å². The largest absolute Gasteiger partial charge is 0.396 e. The number of nitro groups is 1. The smallest absolute Gasteiger partial charge is 0.287 e. The maximum atomic E-state index is 12.1. The molecule has 106 valence electrons. The standard InChI is InChI=1S/C12H19N3O4/c1-4-14-8-9(15(18)19)7-10(14)11(17)13-12(2,3)5-6-16/h7-8,16H,4-6H2,1-3H3,(H,13,17). The third-order valence-corrected chi connectivity index (χ3v) is 2.86. The van der Waals surface area contributed by atoms with E-state index in [2.05, 4.69) is 5.32 Å². The Morgan fingerprint density at radius 2 is 2.21 bits per heavy atom. The number of hydrogen-bond donors (Lipinski definition) is 2. The number of aliphatic hydroxyl groups is 1. The fourth-order valence-corrected chi connectivity index (χ4v) is 1.76. The van der Waals surface area contributed by atoms with E-state index < -0.39 is 10.5 Å². The van der Waals surface area contributed by atoms with E-state index in [1.807, 2.05) is 0 Å². The van der Waals surface area contributed by atoms with Crippen molar-refractivity contribution in [3.8, 4) is 0 Å². The van der Waals surface area contributed by atoms with Gasteiger partial charge in [-0.1, -0.05) is 0 Å². The number of carbonyl (C=O) groups excluding carboxylic acids is 1. The summed E-state index contributed by atoms with van der Waals surface area (Å²) in [4.78, 5) is 22.3. The Kier molecular flexibility index (Phi) is 4.66. The zero-order valence-electron chi connectivity index (χ0n) is 11.3. The molecule has 0 aliphatic rings. The van der Waals surface area contributed by atoms with Crippen LogP contribution in [0.2, 0.25) is 0 Å². The summed E-state index contributed by atoms with van der Waals surface area (Å²) < 4.78 is 1.53. The van der Waals surface area contributed by atoms with Crippen molar-refractivity contribution >= 4 is 11.6 Å². The normalized spacial score (nSPS) is 11.4. The van der Waals surface area contributed by atoms with Crippen molar-refractivity contribution in [1.29, 1.82) is 0 Å². The molecule has 0 aliphatic heterocycles. The number of nitrogens with zero attached hydrogens (tertiary/aromatic N) is 2. The Morgan fingerprint density at radius 3 is 2.68 bits per heavy atom. The molecular formula is C12H19N3O4. The molecule has 0 unspecified atom stereocenters. The third kappa shape index (κ3) is 3.78. The maximum absolute atomic E-state index is 12.1. The molecule has 0 radical (unpaired) electrons. The number of aliphatic hydroxyl groups excluding tert-OH is 1. The second kappa shape index (κ2) is 5.83. The Morgan fingerprint density at radius 1 is 1.58 bits per heavy atom. The van der Waals surface area contributed by atoms with Crippen molar-refractivity contribution in [2.75, 3.05) is 6.61 Å². The lowest BCUT2D eigenvalue weighted by molar-refractivity contribution is -0.384. The van der Waals surface area contributed by atoms with Gasteiger partial charge in [0.25, 0.3) is 11.6 Å². The molecule has 0 saturated heterocycles. The Balaban J connectivity index is 2.96. The summed E-state index contributed by atoms with van der Waals surface area (Å²) in [6.45, 7) is 5.81. The molecule has 0 aromatic carbocycles. The van der Waals surface area contributed by atoms with Crippen LogP contribution < -0.4 is 5.32 Å². The maximum Gasteiger partial charge on any atom is 0.287 e. The fourth-order valence-electron chi connectivity index (χ4n) is 1.76. The van der Waals surface area contributed by atoms with E-state index in [1.54, 1.807) is 20.8 Å². The fraction of sp³-hybridized carbons (Fsp3) is 0.583. The summed E-state index contributed by atoms with van der Waals surface area (Å²) in [7, 11) is 0. The number of amides is 1. The zero-order valence-corrected chi connectivity index (χ0v) is 11.3. The Bertz CT molecular complexity index is 479. The summed E-state index contributed by atoms with van der Waals surface area (Å²) in [5, 5.41) is 22.4. The van der Waals surface area contributed by atoms with E-state index in [1.165, 1.54) is 16.8 Å². The van der Waals surface area contributed by atoms with Gasteiger partial charge in [0.15, 0.2) is 0 Å². The van der Waals surface area contributed by atoms with Crippen molar-refractivity contribution in [2.45, 2.75) is 39.3 Å². The van der Waals surface area contributed by atoms with Gasteiger partial charge in [-0.05, 0) is 27.2 Å². The minimum Gasteiger partial charge on any atom is -0.396 e. The SMILES string of the molecule is CCn1cc([N+](=O)[O-])cc1C(=O)NC(C)(C)CCO. The summed E-state index contributed by atoms with van der Waals surface area (Å²) in [6.07, 6.45) is 1.75. The van der Waals surface area contributed by atoms with Gasteiger partial charge in [0.1, 0.15) is 5.69 Å². The van der Waals surface area contributed by atoms with Gasteiger partial charge < -0.3 is 15.0 Å². The average molecular weight is 269 g/mol. The highest BCUT2D eigenvalue weighted by atomic mass is 16.6. The van der Waals surface area contributed by atoms with E-state index in [4.69, 9.17) is 5.11 Å². The molecule has 2 N–H and O–H groups in total. The molecule has 1 aromatic heterocycles. The molecule has 0 atom stereocenters. The highest BCUT2D eigenvalue weighted by Crippen LogP contribution is 2.18. The van der Waals surface area contributed by atoms with Crippen LogP contribution in [-0.2, 0) is 6.54 Å². The van der Waals surface area contributed by atoms with Gasteiger partial charge >= 0.3 is 0 Å². The molecule has 0 fully saturated rings. The van der Waals surface area contributed by atoms with Gasteiger partial charge in [-0.25, -0.2) is 0 Å². The monoisotopic (exact) mass is 269 g/mol. The quantitative estimate of drug-likeness (QED) is 0.601. The third-order valence-electron chi connectivity index (χ3n) is 2.86. The van der Waals surface area contributed by atoms with Crippen LogP contribution in [0.3, 0.4) is 0 Å². The topological polar surface area (TPSA) is 97.4 Å². The van der Waals surface area contributed by atoms with Crippen LogP contribution in [0.15, 0.2) is 12.3 Å². The summed E-state index contributed by atoms with van der Waals surface area (Å²) >= 11 is 0. The highest BCUT2D eigenvalue weighted by Gasteiger charge is 2.24. The van der Waals surface area contributed by atoms with Crippen LogP contribution in [-0.4, -0.2) is 32.6 Å². The van der Waals surface area contributed by atoms with E-state index in [0.717, 1.165) is 0 Å². The predicted molar refractivity (Wildman–Crippen MR) is 70.0 cm³/mol. The van der Waals surface area contributed by atoms with Crippen LogP contribution in [0.5, 0.6) is 0 Å².